The summed E-state index contributed by atoms with van der Waals surface area (Å²) in [5, 5.41) is 1.34. The fourth-order valence-electron chi connectivity index (χ4n) is 16.9. The number of hydrogen-bond acceptors (Lipinski definition) is 4. The Morgan fingerprint density at radius 2 is 1.07 bits per heavy atom. The zero-order valence-electron chi connectivity index (χ0n) is 60.9. The van der Waals surface area contributed by atoms with E-state index in [9.17, 15) is 0 Å². The van der Waals surface area contributed by atoms with Crippen LogP contribution in [0.15, 0.2) is 193 Å². The van der Waals surface area contributed by atoms with Crippen molar-refractivity contribution in [3.05, 3.63) is 232 Å². The van der Waals surface area contributed by atoms with Crippen LogP contribution in [0.5, 0.6) is 0 Å². The Morgan fingerprint density at radius 1 is 0.495 bits per heavy atom. The van der Waals surface area contributed by atoms with Crippen molar-refractivity contribution >= 4 is 101 Å². The van der Waals surface area contributed by atoms with Crippen LogP contribution >= 0.6 is 11.3 Å². The van der Waals surface area contributed by atoms with Gasteiger partial charge in [0, 0.05) is 54.4 Å². The summed E-state index contributed by atoms with van der Waals surface area (Å²) in [7, 11) is 0. The summed E-state index contributed by atoms with van der Waals surface area (Å²) >= 11 is 2.02. The van der Waals surface area contributed by atoms with E-state index in [4.69, 9.17) is 0 Å². The second-order valence-electron chi connectivity index (χ2n) is 35.1. The van der Waals surface area contributed by atoms with E-state index < -0.39 is 0 Å². The molecule has 14 rings (SSSR count). The van der Waals surface area contributed by atoms with Crippen molar-refractivity contribution in [2.24, 2.45) is 10.8 Å². The van der Waals surface area contributed by atoms with Crippen molar-refractivity contribution in [3.8, 4) is 11.1 Å². The van der Waals surface area contributed by atoms with Gasteiger partial charge in [0.05, 0.1) is 22.7 Å². The van der Waals surface area contributed by atoms with Gasteiger partial charge in [-0.25, -0.2) is 0 Å². The zero-order valence-corrected chi connectivity index (χ0v) is 61.7. The summed E-state index contributed by atoms with van der Waals surface area (Å²) in [4.78, 5) is 8.11. The molecule has 2 aliphatic heterocycles. The molecule has 1 aromatic heterocycles. The highest BCUT2D eigenvalue weighted by molar-refractivity contribution is 7.33. The van der Waals surface area contributed by atoms with Gasteiger partial charge in [0.25, 0.3) is 6.71 Å². The van der Waals surface area contributed by atoms with Crippen LogP contribution in [0, 0.1) is 10.8 Å². The van der Waals surface area contributed by atoms with Crippen molar-refractivity contribution < 1.29 is 0 Å². The highest BCUT2D eigenvalue weighted by Gasteiger charge is 2.49. The summed E-state index contributed by atoms with van der Waals surface area (Å²) in [5.41, 5.74) is 29.9. The molecule has 0 radical (unpaired) electrons. The first-order valence-corrected chi connectivity index (χ1v) is 36.5. The van der Waals surface area contributed by atoms with Crippen LogP contribution < -0.4 is 30.4 Å². The predicted molar refractivity (Wildman–Crippen MR) is 416 cm³/mol. The van der Waals surface area contributed by atoms with Gasteiger partial charge in [-0.15, -0.1) is 11.3 Å². The number of anilines is 9. The first-order chi connectivity index (χ1) is 44.7. The summed E-state index contributed by atoms with van der Waals surface area (Å²) in [6, 6.07) is 65.2. The normalized spacial score (nSPS) is 18.8. The van der Waals surface area contributed by atoms with E-state index in [0.717, 1.165) is 42.7 Å². The molecular formula is C90H102BN3S. The Kier molecular flexibility index (Phi) is 15.3. The summed E-state index contributed by atoms with van der Waals surface area (Å²) in [5.74, 6) is 0. The van der Waals surface area contributed by atoms with Gasteiger partial charge < -0.3 is 14.7 Å². The van der Waals surface area contributed by atoms with Crippen molar-refractivity contribution in [3.63, 3.8) is 0 Å². The van der Waals surface area contributed by atoms with Gasteiger partial charge in [-0.3, -0.25) is 0 Å². The average Bonchev–Trinajstić information content (AvgIpc) is 1.68. The number of nitrogens with zero attached hydrogens (tertiary/aromatic N) is 3. The highest BCUT2D eigenvalue weighted by atomic mass is 32.1. The maximum absolute atomic E-state index is 2.79. The Balaban J connectivity index is 1.12. The Morgan fingerprint density at radius 3 is 1.75 bits per heavy atom. The number of rotatable bonds is 8. The van der Waals surface area contributed by atoms with E-state index in [-0.39, 0.29) is 50.0 Å². The molecule has 0 saturated carbocycles. The third kappa shape index (κ3) is 10.8. The Hall–Kier alpha value is -7.60. The molecule has 95 heavy (non-hydrogen) atoms. The lowest BCUT2D eigenvalue weighted by molar-refractivity contribution is 0.265. The Labute approximate surface area is 575 Å². The number of benzene rings is 8. The largest absolute Gasteiger partial charge is 0.311 e. The number of hydrogen-bond donors (Lipinski definition) is 0. The molecule has 1 unspecified atom stereocenters. The smallest absolute Gasteiger partial charge is 0.264 e. The van der Waals surface area contributed by atoms with Crippen LogP contribution in [0.3, 0.4) is 0 Å². The molecule has 0 N–H and O–H groups in total. The molecule has 0 spiro atoms. The quantitative estimate of drug-likeness (QED) is 0.140. The minimum Gasteiger partial charge on any atom is -0.311 e. The lowest BCUT2D eigenvalue weighted by atomic mass is 9.36. The first-order valence-electron chi connectivity index (χ1n) is 35.7. The molecule has 0 amide bonds. The average molecular weight is 1270 g/mol. The molecule has 0 bridgehead atoms. The number of allylic oxidation sites excluding steroid dienone is 6. The molecule has 5 aliphatic rings. The standard InChI is InChI=1S/C90H102BN3S/c1-21-90(20)52-51-89(18,19)79-69(90)33-27-34-73(79)94-75-36-28-35-74-80(75)91(82-81(94)67-55-61(86(11,12)13)41-48-77(67)95-82)70-45-44-63(92(62-42-37-58(38-43-62)83(2,3)4)71-46-39-59(84(5,6)7)53-65(71)57-29-23-22-24-30-57)56-76(70)93(74)72-47-40-60(85(8,9)10)54-66(72)64-31-25-26-32-68-78(64)88(16,17)50-49-87(68,14)15/h22-31,33-48,53-56H,21,32,49-52H2,1-20H3. The molecular weight excluding hydrogens is 1170 g/mol. The van der Waals surface area contributed by atoms with Crippen LogP contribution in [0.4, 0.5) is 51.2 Å². The van der Waals surface area contributed by atoms with E-state index in [1.165, 1.54) is 134 Å². The summed E-state index contributed by atoms with van der Waals surface area (Å²) in [6.45, 7) is 48.3. The zero-order chi connectivity index (χ0) is 67.5. The molecule has 3 heterocycles. The van der Waals surface area contributed by atoms with E-state index >= 15 is 0 Å². The fourth-order valence-corrected chi connectivity index (χ4v) is 18.2. The molecule has 3 aliphatic carbocycles. The van der Waals surface area contributed by atoms with Crippen LogP contribution in [0.2, 0.25) is 0 Å². The first kappa shape index (κ1) is 64.7. The van der Waals surface area contributed by atoms with Gasteiger partial charge in [0.2, 0.25) is 0 Å². The van der Waals surface area contributed by atoms with E-state index in [1.807, 2.05) is 11.3 Å². The molecule has 5 heteroatoms. The van der Waals surface area contributed by atoms with Crippen molar-refractivity contribution in [1.82, 2.24) is 0 Å². The topological polar surface area (TPSA) is 9.72 Å². The lowest BCUT2D eigenvalue weighted by Gasteiger charge is -2.48. The second-order valence-corrected chi connectivity index (χ2v) is 36.2. The monoisotopic (exact) mass is 1270 g/mol. The lowest BCUT2D eigenvalue weighted by Crippen LogP contribution is -2.60. The third-order valence-corrected chi connectivity index (χ3v) is 24.3. The van der Waals surface area contributed by atoms with Crippen LogP contribution in [0.1, 0.15) is 216 Å². The van der Waals surface area contributed by atoms with E-state index in [2.05, 4.69) is 335 Å². The maximum atomic E-state index is 2.79. The van der Waals surface area contributed by atoms with Crippen LogP contribution in [-0.2, 0) is 32.5 Å². The molecule has 0 saturated heterocycles. The van der Waals surface area contributed by atoms with Gasteiger partial charge in [0.15, 0.2) is 0 Å². The number of fused-ring (bicyclic) bond motifs is 7. The van der Waals surface area contributed by atoms with Gasteiger partial charge in [-0.05, 0) is 222 Å². The third-order valence-electron chi connectivity index (χ3n) is 23.1. The minimum atomic E-state index is -0.111. The van der Waals surface area contributed by atoms with Crippen molar-refractivity contribution in [2.45, 2.75) is 209 Å². The molecule has 8 aromatic carbocycles. The summed E-state index contributed by atoms with van der Waals surface area (Å²) in [6.07, 6.45) is 14.0. The Bertz CT molecular complexity index is 4650. The van der Waals surface area contributed by atoms with Gasteiger partial charge in [-0.1, -0.05) is 247 Å². The molecule has 0 fully saturated rings. The van der Waals surface area contributed by atoms with Crippen LogP contribution in [0.25, 0.3) is 26.8 Å². The van der Waals surface area contributed by atoms with E-state index in [0.29, 0.717) is 0 Å². The van der Waals surface area contributed by atoms with Gasteiger partial charge in [0.1, 0.15) is 0 Å². The fraction of sp³-hybridized carbons (Fsp3) is 0.378. The van der Waals surface area contributed by atoms with Gasteiger partial charge >= 0.3 is 0 Å². The SMILES string of the molecule is CCC1(C)CCC(C)(C)c2c(N3c4cccc5c4B(c4ccc(N(c6ccc(C(C)(C)C)cc6)c6ccc(C(C)(C)C)cc6-c6ccccc6)cc4N5c4ccc(C(C)(C)C)cc4C4=CC=CCC5=C4C(C)(C)CCC5(C)C)c4sc5ccc(C(C)(C)C)cc5c43)cccc21. The molecule has 9 aromatic rings. The molecule has 486 valence electrons. The van der Waals surface area contributed by atoms with E-state index in [1.54, 1.807) is 5.57 Å². The van der Waals surface area contributed by atoms with Crippen molar-refractivity contribution in [1.29, 1.82) is 0 Å². The van der Waals surface area contributed by atoms with Crippen molar-refractivity contribution in [2.75, 3.05) is 14.7 Å². The molecule has 3 nitrogen and oxygen atoms in total. The minimum absolute atomic E-state index is 0.0186. The highest BCUT2D eigenvalue weighted by Crippen LogP contribution is 2.60. The second kappa shape index (κ2) is 22.5. The molecule has 1 atom stereocenters. The predicted octanol–water partition coefficient (Wildman–Crippen LogP) is 24.5. The number of thiophene rings is 1. The maximum Gasteiger partial charge on any atom is 0.264 e. The van der Waals surface area contributed by atoms with Gasteiger partial charge in [-0.2, -0.15) is 0 Å². The van der Waals surface area contributed by atoms with Crippen LogP contribution in [-0.4, -0.2) is 6.71 Å². The summed E-state index contributed by atoms with van der Waals surface area (Å²) < 4.78 is 2.74.